The van der Waals surface area contributed by atoms with E-state index in [0.717, 1.165) is 31.4 Å². The number of nitrogens with one attached hydrogen (secondary N) is 3. The maximum absolute atomic E-state index is 13.9. The number of halogens is 1. The highest BCUT2D eigenvalue weighted by molar-refractivity contribution is 7.89. The first-order valence-electron chi connectivity index (χ1n) is 7.88. The number of carbonyl (C=O) groups is 1. The minimum atomic E-state index is -3.92. The number of carbonyl (C=O) groups excluding carboxylic acids is 1. The zero-order valence-electron chi connectivity index (χ0n) is 13.0. The normalized spacial score (nSPS) is 20.8. The number of hydrogen-bond donors (Lipinski definition) is 3. The molecule has 1 aliphatic heterocycles. The molecule has 1 saturated heterocycles. The van der Waals surface area contributed by atoms with Crippen LogP contribution in [0.4, 0.5) is 14.9 Å². The fraction of sp³-hybridized carbons (Fsp3) is 0.533. The molecule has 1 aliphatic carbocycles. The molecule has 2 amide bonds. The highest BCUT2D eigenvalue weighted by atomic mass is 32.2. The van der Waals surface area contributed by atoms with Crippen LogP contribution in [0.15, 0.2) is 23.1 Å². The van der Waals surface area contributed by atoms with Gasteiger partial charge in [0.05, 0.1) is 6.61 Å². The summed E-state index contributed by atoms with van der Waals surface area (Å²) in [6.07, 6.45) is 2.41. The van der Waals surface area contributed by atoms with Crippen molar-refractivity contribution in [3.05, 3.63) is 24.0 Å². The molecule has 2 aliphatic rings. The molecule has 132 valence electrons. The third-order valence-corrected chi connectivity index (χ3v) is 5.49. The Balaban J connectivity index is 1.63. The molecular weight excluding hydrogens is 337 g/mol. The van der Waals surface area contributed by atoms with Gasteiger partial charge in [-0.1, -0.05) is 0 Å². The van der Waals surface area contributed by atoms with Gasteiger partial charge in [-0.2, -0.15) is 0 Å². The number of amides is 2. The topological polar surface area (TPSA) is 96.5 Å². The van der Waals surface area contributed by atoms with E-state index in [2.05, 4.69) is 15.4 Å². The summed E-state index contributed by atoms with van der Waals surface area (Å²) in [7, 11) is -3.92. The molecule has 0 radical (unpaired) electrons. The van der Waals surface area contributed by atoms with Crippen LogP contribution in [0.1, 0.15) is 19.3 Å². The summed E-state index contributed by atoms with van der Waals surface area (Å²) in [5.41, 5.74) is 0.216. The lowest BCUT2D eigenvalue weighted by atomic mass is 10.1. The van der Waals surface area contributed by atoms with E-state index in [1.807, 2.05) is 0 Å². The van der Waals surface area contributed by atoms with Gasteiger partial charge in [-0.15, -0.1) is 0 Å². The molecular formula is C15H20FN3O4S. The van der Waals surface area contributed by atoms with E-state index >= 15 is 0 Å². The molecule has 2 fully saturated rings. The largest absolute Gasteiger partial charge is 0.381 e. The molecule has 9 heteroatoms. The Morgan fingerprint density at radius 1 is 1.29 bits per heavy atom. The van der Waals surface area contributed by atoms with Crippen molar-refractivity contribution in [2.45, 2.75) is 30.2 Å². The quantitative estimate of drug-likeness (QED) is 0.717. The molecule has 1 saturated carbocycles. The monoisotopic (exact) mass is 357 g/mol. The first-order valence-corrected chi connectivity index (χ1v) is 9.37. The minimum Gasteiger partial charge on any atom is -0.381 e. The van der Waals surface area contributed by atoms with Gasteiger partial charge in [0.25, 0.3) is 0 Å². The second-order valence-corrected chi connectivity index (χ2v) is 7.79. The zero-order valence-corrected chi connectivity index (χ0v) is 13.9. The Morgan fingerprint density at radius 3 is 2.75 bits per heavy atom. The Kier molecular flexibility index (Phi) is 5.02. The molecule has 1 heterocycles. The van der Waals surface area contributed by atoms with Crippen molar-refractivity contribution in [2.75, 3.05) is 25.1 Å². The molecule has 1 aromatic rings. The predicted octanol–water partition coefficient (Wildman–Crippen LogP) is 1.42. The van der Waals surface area contributed by atoms with Crippen LogP contribution in [0.2, 0.25) is 0 Å². The molecule has 3 N–H and O–H groups in total. The van der Waals surface area contributed by atoms with E-state index in [-0.39, 0.29) is 17.6 Å². The average molecular weight is 357 g/mol. The molecule has 3 rings (SSSR count). The van der Waals surface area contributed by atoms with Gasteiger partial charge in [0.1, 0.15) is 10.7 Å². The molecule has 1 aromatic carbocycles. The van der Waals surface area contributed by atoms with Gasteiger partial charge in [0.15, 0.2) is 0 Å². The van der Waals surface area contributed by atoms with Gasteiger partial charge in [-0.3, -0.25) is 0 Å². The number of benzene rings is 1. The molecule has 24 heavy (non-hydrogen) atoms. The number of ether oxygens (including phenoxy) is 1. The third-order valence-electron chi connectivity index (χ3n) is 3.95. The average Bonchev–Trinajstić information content (AvgIpc) is 3.17. The van der Waals surface area contributed by atoms with Gasteiger partial charge < -0.3 is 15.4 Å². The summed E-state index contributed by atoms with van der Waals surface area (Å²) in [5, 5.41) is 5.22. The minimum absolute atomic E-state index is 0.122. The van der Waals surface area contributed by atoms with Crippen LogP contribution in [0.3, 0.4) is 0 Å². The fourth-order valence-corrected chi connectivity index (χ4v) is 3.84. The van der Waals surface area contributed by atoms with Crippen molar-refractivity contribution in [1.82, 2.24) is 10.0 Å². The summed E-state index contributed by atoms with van der Waals surface area (Å²) < 4.78 is 45.8. The van der Waals surface area contributed by atoms with Crippen molar-refractivity contribution >= 4 is 21.7 Å². The maximum atomic E-state index is 13.9. The van der Waals surface area contributed by atoms with Crippen LogP contribution in [0.5, 0.6) is 0 Å². The first kappa shape index (κ1) is 17.1. The molecule has 1 atom stereocenters. The lowest BCUT2D eigenvalue weighted by Gasteiger charge is -2.12. The summed E-state index contributed by atoms with van der Waals surface area (Å²) >= 11 is 0. The van der Waals surface area contributed by atoms with Gasteiger partial charge in [0.2, 0.25) is 10.0 Å². The lowest BCUT2D eigenvalue weighted by molar-refractivity contribution is 0.185. The number of hydrogen-bond acceptors (Lipinski definition) is 4. The van der Waals surface area contributed by atoms with Crippen molar-refractivity contribution in [2.24, 2.45) is 5.92 Å². The fourth-order valence-electron chi connectivity index (χ4n) is 2.43. The molecule has 0 aromatic heterocycles. The van der Waals surface area contributed by atoms with E-state index in [4.69, 9.17) is 4.74 Å². The van der Waals surface area contributed by atoms with Crippen molar-refractivity contribution in [3.63, 3.8) is 0 Å². The van der Waals surface area contributed by atoms with Gasteiger partial charge in [-0.05, 0) is 37.5 Å². The van der Waals surface area contributed by atoms with E-state index < -0.39 is 26.8 Å². The van der Waals surface area contributed by atoms with E-state index in [9.17, 15) is 17.6 Å². The van der Waals surface area contributed by atoms with E-state index in [0.29, 0.717) is 19.8 Å². The predicted molar refractivity (Wildman–Crippen MR) is 85.7 cm³/mol. The Hall–Kier alpha value is -1.71. The first-order chi connectivity index (χ1) is 11.4. The van der Waals surface area contributed by atoms with Crippen molar-refractivity contribution in [3.8, 4) is 0 Å². The summed E-state index contributed by atoms with van der Waals surface area (Å²) in [6.45, 7) is 1.79. The number of urea groups is 1. The van der Waals surface area contributed by atoms with Crippen LogP contribution in [-0.4, -0.2) is 40.2 Å². The van der Waals surface area contributed by atoms with E-state index in [1.165, 1.54) is 6.07 Å². The highest BCUT2D eigenvalue weighted by Crippen LogP contribution is 2.25. The SMILES string of the molecule is O=C(NCC1CCOC1)Nc1ccc(F)c(S(=O)(=O)NC2CC2)c1. The maximum Gasteiger partial charge on any atom is 0.319 e. The van der Waals surface area contributed by atoms with Crippen molar-refractivity contribution < 1.29 is 22.3 Å². The smallest absolute Gasteiger partial charge is 0.319 e. The number of anilines is 1. The standard InChI is InChI=1S/C15H20FN3O4S/c16-13-4-3-12(7-14(13)24(21,22)19-11-1-2-11)18-15(20)17-8-10-5-6-23-9-10/h3-4,7,10-11,19H,1-2,5-6,8-9H2,(H2,17,18,20). The Morgan fingerprint density at radius 2 is 2.08 bits per heavy atom. The number of rotatable bonds is 6. The Bertz CT molecular complexity index is 715. The molecule has 0 bridgehead atoms. The van der Waals surface area contributed by atoms with Gasteiger partial charge in [0, 0.05) is 30.8 Å². The molecule has 7 nitrogen and oxygen atoms in total. The van der Waals surface area contributed by atoms with Crippen LogP contribution >= 0.6 is 0 Å². The second kappa shape index (κ2) is 7.04. The summed E-state index contributed by atoms with van der Waals surface area (Å²) in [4.78, 5) is 11.4. The second-order valence-electron chi connectivity index (χ2n) is 6.11. The summed E-state index contributed by atoms with van der Waals surface area (Å²) in [6, 6.07) is 2.89. The zero-order chi connectivity index (χ0) is 17.2. The van der Waals surface area contributed by atoms with Crippen LogP contribution in [0, 0.1) is 11.7 Å². The van der Waals surface area contributed by atoms with Crippen LogP contribution < -0.4 is 15.4 Å². The lowest BCUT2D eigenvalue weighted by Crippen LogP contribution is -2.33. The third kappa shape index (κ3) is 4.43. The summed E-state index contributed by atoms with van der Waals surface area (Å²) in [5.74, 6) is -0.570. The van der Waals surface area contributed by atoms with Crippen LogP contribution in [-0.2, 0) is 14.8 Å². The molecule has 0 spiro atoms. The van der Waals surface area contributed by atoms with Gasteiger partial charge >= 0.3 is 6.03 Å². The van der Waals surface area contributed by atoms with Crippen molar-refractivity contribution in [1.29, 1.82) is 0 Å². The molecule has 1 unspecified atom stereocenters. The van der Waals surface area contributed by atoms with Crippen LogP contribution in [0.25, 0.3) is 0 Å². The van der Waals surface area contributed by atoms with E-state index in [1.54, 1.807) is 0 Å². The highest BCUT2D eigenvalue weighted by Gasteiger charge is 2.30. The van der Waals surface area contributed by atoms with Gasteiger partial charge in [-0.25, -0.2) is 22.3 Å². The Labute approximate surface area is 140 Å². The number of sulfonamides is 1.